The van der Waals surface area contributed by atoms with Crippen molar-refractivity contribution in [1.82, 2.24) is 25.0 Å². The van der Waals surface area contributed by atoms with Crippen molar-refractivity contribution in [2.45, 2.75) is 0 Å². The molecule has 1 aliphatic rings. The van der Waals surface area contributed by atoms with Gasteiger partial charge >= 0.3 is 6.01 Å². The van der Waals surface area contributed by atoms with Crippen molar-refractivity contribution in [3.63, 3.8) is 0 Å². The molecule has 0 aliphatic carbocycles. The molecule has 81 valence electrons. The average molecular weight is 272 g/mol. The molecule has 1 aromatic heterocycles. The van der Waals surface area contributed by atoms with E-state index in [0.717, 1.165) is 4.64 Å². The summed E-state index contributed by atoms with van der Waals surface area (Å²) >= 11 is 10.7. The molecule has 2 heterocycles. The summed E-state index contributed by atoms with van der Waals surface area (Å²) in [4.78, 5) is 10.1. The molecule has 16 heavy (non-hydrogen) atoms. The van der Waals surface area contributed by atoms with Crippen molar-refractivity contribution in [3.05, 3.63) is 24.9 Å². The van der Waals surface area contributed by atoms with Gasteiger partial charge < -0.3 is 5.11 Å². The van der Waals surface area contributed by atoms with E-state index in [9.17, 15) is 0 Å². The molecule has 0 spiro atoms. The van der Waals surface area contributed by atoms with Crippen LogP contribution in [0.1, 0.15) is 0 Å². The molecule has 1 radical (unpaired) electrons. The summed E-state index contributed by atoms with van der Waals surface area (Å²) in [5, 5.41) is 12.3. The maximum absolute atomic E-state index is 8.37. The van der Waals surface area contributed by atoms with Gasteiger partial charge in [0.25, 0.3) is 0 Å². The number of hydrazine groups is 1. The number of allylic oxidation sites excluding steroid dienone is 1. The first kappa shape index (κ1) is 15.4. The minimum Gasteiger partial charge on any atom is -0.479 e. The van der Waals surface area contributed by atoms with Gasteiger partial charge in [0.15, 0.2) is 5.17 Å². The van der Waals surface area contributed by atoms with Crippen molar-refractivity contribution >= 4 is 58.1 Å². The minimum atomic E-state index is -0.241. The van der Waals surface area contributed by atoms with Gasteiger partial charge in [-0.05, 0) is 6.08 Å². The third kappa shape index (κ3) is 6.81. The van der Waals surface area contributed by atoms with Gasteiger partial charge in [-0.25, -0.2) is 4.98 Å². The van der Waals surface area contributed by atoms with Crippen molar-refractivity contribution in [2.24, 2.45) is 5.10 Å². The molecular formula is C6H6Cl2N6NaO. The fourth-order valence-corrected chi connectivity index (χ4v) is 0.862. The van der Waals surface area contributed by atoms with Crippen LogP contribution in [-0.2, 0) is 0 Å². The zero-order valence-electron chi connectivity index (χ0n) is 8.25. The molecule has 0 fully saturated rings. The smallest absolute Gasteiger partial charge is 0.316 e. The Morgan fingerprint density at radius 2 is 1.94 bits per heavy atom. The third-order valence-corrected chi connectivity index (χ3v) is 1.44. The van der Waals surface area contributed by atoms with Gasteiger partial charge in [0, 0.05) is 35.8 Å². The van der Waals surface area contributed by atoms with Gasteiger partial charge in [-0.15, -0.1) is 9.74 Å². The number of hydrazone groups is 1. The van der Waals surface area contributed by atoms with E-state index in [4.69, 9.17) is 28.5 Å². The Morgan fingerprint density at radius 1 is 1.31 bits per heavy atom. The normalized spacial score (nSPS) is 12.6. The maximum atomic E-state index is 8.37. The molecule has 2 rings (SSSR count). The first-order valence-corrected chi connectivity index (χ1v) is 4.34. The Kier molecular flexibility index (Phi) is 8.22. The van der Waals surface area contributed by atoms with E-state index >= 15 is 0 Å². The first-order chi connectivity index (χ1) is 7.18. The number of hydrogen-bond acceptors (Lipinski definition) is 7. The zero-order chi connectivity index (χ0) is 11.1. The van der Waals surface area contributed by atoms with E-state index in [0.29, 0.717) is 5.17 Å². The zero-order valence-corrected chi connectivity index (χ0v) is 11.8. The SMILES string of the molecule is ClC1=NN(Cl)NC=C1.Oc1ncncn1.[Na]. The minimum absolute atomic E-state index is 0. The molecule has 0 amide bonds. The van der Waals surface area contributed by atoms with Gasteiger partial charge in [0.1, 0.15) is 12.7 Å². The Labute approximate surface area is 124 Å². The molecular weight excluding hydrogens is 266 g/mol. The van der Waals surface area contributed by atoms with E-state index in [2.05, 4.69) is 25.5 Å². The van der Waals surface area contributed by atoms with Crippen LogP contribution < -0.4 is 5.43 Å². The predicted octanol–water partition coefficient (Wildman–Crippen LogP) is 0.223. The second-order valence-corrected chi connectivity index (χ2v) is 2.79. The van der Waals surface area contributed by atoms with E-state index in [1.54, 1.807) is 12.3 Å². The summed E-state index contributed by atoms with van der Waals surface area (Å²) < 4.78 is 1.00. The molecule has 10 heteroatoms. The number of aromatic hydroxyl groups is 1. The Bertz CT molecular complexity index is 361. The first-order valence-electron chi connectivity index (χ1n) is 3.62. The second kappa shape index (κ2) is 8.54. The van der Waals surface area contributed by atoms with Crippen LogP contribution in [0.2, 0.25) is 0 Å². The topological polar surface area (TPSA) is 86.5 Å². The van der Waals surface area contributed by atoms with Crippen molar-refractivity contribution in [2.75, 3.05) is 0 Å². The Balaban J connectivity index is 0.000000267. The third-order valence-electron chi connectivity index (χ3n) is 1.07. The van der Waals surface area contributed by atoms with Crippen LogP contribution in [0, 0.1) is 0 Å². The van der Waals surface area contributed by atoms with E-state index < -0.39 is 0 Å². The van der Waals surface area contributed by atoms with E-state index in [1.807, 2.05) is 0 Å². The summed E-state index contributed by atoms with van der Waals surface area (Å²) in [6, 6.07) is -0.241. The molecule has 7 nitrogen and oxygen atoms in total. The van der Waals surface area contributed by atoms with Crippen LogP contribution in [0.15, 0.2) is 30.0 Å². The Morgan fingerprint density at radius 3 is 2.25 bits per heavy atom. The molecule has 1 aromatic rings. The van der Waals surface area contributed by atoms with Gasteiger partial charge in [0.05, 0.1) is 11.8 Å². The van der Waals surface area contributed by atoms with Gasteiger partial charge in [0.2, 0.25) is 0 Å². The van der Waals surface area contributed by atoms with Crippen LogP contribution in [0.25, 0.3) is 0 Å². The average Bonchev–Trinajstić information content (AvgIpc) is 2.19. The van der Waals surface area contributed by atoms with Gasteiger partial charge in [-0.1, -0.05) is 11.6 Å². The van der Waals surface area contributed by atoms with E-state index in [1.165, 1.54) is 12.7 Å². The van der Waals surface area contributed by atoms with Gasteiger partial charge in [-0.3, -0.25) is 5.43 Å². The van der Waals surface area contributed by atoms with Crippen LogP contribution >= 0.6 is 23.4 Å². The largest absolute Gasteiger partial charge is 0.479 e. The molecule has 0 atom stereocenters. The summed E-state index contributed by atoms with van der Waals surface area (Å²) in [6.07, 6.45) is 5.63. The molecule has 0 saturated carbocycles. The molecule has 0 aromatic carbocycles. The van der Waals surface area contributed by atoms with Crippen LogP contribution in [-0.4, -0.2) is 59.4 Å². The maximum Gasteiger partial charge on any atom is 0.316 e. The quantitative estimate of drug-likeness (QED) is 0.519. The second-order valence-electron chi connectivity index (χ2n) is 2.08. The monoisotopic (exact) mass is 271 g/mol. The van der Waals surface area contributed by atoms with Gasteiger partial charge in [-0.2, -0.15) is 9.97 Å². The van der Waals surface area contributed by atoms with Crippen LogP contribution in [0.4, 0.5) is 0 Å². The summed E-state index contributed by atoms with van der Waals surface area (Å²) in [5.74, 6) is 0. The predicted molar refractivity (Wildman–Crippen MR) is 60.5 cm³/mol. The molecule has 0 bridgehead atoms. The standard InChI is InChI=1S/C3H3Cl2N3.C3H3N3O.Na/c4-3-1-2-6-8(5)7-3;7-3-5-1-4-2-6-3;/h1-2,6H;1-2H,(H,4,5,6,7);. The number of rotatable bonds is 0. The molecule has 0 unspecified atom stereocenters. The number of aromatic nitrogens is 3. The summed E-state index contributed by atoms with van der Waals surface area (Å²) in [5.41, 5.74) is 2.56. The number of nitrogens with zero attached hydrogens (tertiary/aromatic N) is 5. The van der Waals surface area contributed by atoms with Crippen LogP contribution in [0.5, 0.6) is 6.01 Å². The van der Waals surface area contributed by atoms with E-state index in [-0.39, 0.29) is 35.6 Å². The fraction of sp³-hybridized carbons (Fsp3) is 0. The molecule has 2 N–H and O–H groups in total. The molecule has 1 aliphatic heterocycles. The van der Waals surface area contributed by atoms with Crippen molar-refractivity contribution in [1.29, 1.82) is 0 Å². The molecule has 0 saturated heterocycles. The number of hydrogen-bond donors (Lipinski definition) is 2. The fourth-order valence-electron chi connectivity index (χ4n) is 0.547. The van der Waals surface area contributed by atoms with Crippen molar-refractivity contribution in [3.8, 4) is 6.01 Å². The summed E-state index contributed by atoms with van der Waals surface area (Å²) in [7, 11) is 0. The number of nitrogens with one attached hydrogen (secondary N) is 1. The number of halogens is 2. The van der Waals surface area contributed by atoms with Crippen molar-refractivity contribution < 1.29 is 5.11 Å². The Hall–Kier alpha value is -0.600. The van der Waals surface area contributed by atoms with Crippen LogP contribution in [0.3, 0.4) is 0 Å². The summed E-state index contributed by atoms with van der Waals surface area (Å²) in [6.45, 7) is 0.